The first-order valence-corrected chi connectivity index (χ1v) is 43.5. The number of ether oxygens (including phenoxy) is 4. The van der Waals surface area contributed by atoms with E-state index in [1.54, 1.807) is 47.0 Å². The van der Waals surface area contributed by atoms with E-state index >= 15 is 0 Å². The van der Waals surface area contributed by atoms with Crippen molar-refractivity contribution in [2.45, 2.75) is 157 Å². The minimum atomic E-state index is -0.978. The van der Waals surface area contributed by atoms with Gasteiger partial charge in [-0.15, -0.1) is 0 Å². The van der Waals surface area contributed by atoms with E-state index in [2.05, 4.69) is 121 Å². The lowest BCUT2D eigenvalue weighted by molar-refractivity contribution is 0.0124. The van der Waals surface area contributed by atoms with Crippen LogP contribution in [0, 0.1) is 5.92 Å². The number of morpholine rings is 1. The number of carbonyl (C=O) groups is 4. The van der Waals surface area contributed by atoms with Gasteiger partial charge in [0, 0.05) is 121 Å². The van der Waals surface area contributed by atoms with Gasteiger partial charge in [-0.25, -0.2) is 44.3 Å². The molecule has 0 bridgehead atoms. The van der Waals surface area contributed by atoms with Crippen molar-refractivity contribution in [3.05, 3.63) is 161 Å². The number of amides is 4. The third-order valence-corrected chi connectivity index (χ3v) is 24.0. The molecule has 666 valence electrons. The van der Waals surface area contributed by atoms with E-state index in [9.17, 15) is 33.8 Å². The van der Waals surface area contributed by atoms with Crippen molar-refractivity contribution in [2.24, 2.45) is 5.92 Å². The molecule has 0 unspecified atom stereocenters. The standard InChI is InChI=1S/C23H29N7O2.2C22H27N7O3.C20H23FN8O2/c1-14-9-10-16(14)27-23(31)15-13-25-30-21(24-2)12-20(29-22(15)30)28-19-8-5-6-17(26-19)18-7-3-4-11-32-18;2*1-23-20-10-19(27-18-6-2-5-15(25-18)13-4-3-9-32-12-13)28-21-14(11-24-29(20)21)22(31)26-16-7-8-17(16)30;1-22-18-10-16(25-15-3-2-4-17(26-15)28-5-7-31-8-6-28)27-19-12(11-23-29(18)19)20(30)24-14-9-13(14)21/h5-6,8,12-14,16,18,24H,3-4,7,9-11H2,1-2H3,(H,27,31)(H,26,28,29);2*2,5-6,10-11,13,16-17,23,30H,3-4,7-9,12H2,1H3,(H,26,31)(H,25,27,28);2-4,10-11,13-14,22H,5-9H2,1H3,(H,24,30)(H,25,26,27)/t14-,16+,18-;13-,16+,17+;13-,16-,17-;13-,14+/m0101/s1. The third-order valence-electron chi connectivity index (χ3n) is 24.0. The molecule has 4 amide bonds. The number of pyridine rings is 4. The van der Waals surface area contributed by atoms with Crippen LogP contribution in [0.5, 0.6) is 0 Å². The van der Waals surface area contributed by atoms with Gasteiger partial charge in [-0.1, -0.05) is 31.2 Å². The summed E-state index contributed by atoms with van der Waals surface area (Å²) in [6, 6.07) is 30.0. The molecule has 12 aromatic rings. The number of nitrogens with zero attached hydrogens (tertiary/aromatic N) is 17. The Balaban J connectivity index is 0.000000119. The molecule has 4 aliphatic carbocycles. The SMILES string of the molecule is CNc1cc(Nc2cccc(N3CCOCC3)n2)nc2c(C(=O)N[C@H]3C[C@H]3F)cnn12.CNc1cc(Nc2cccc([C@@H]3CCCCO3)n2)nc2c(C(=O)N[C@@H]3CC[C@@H]3C)cnn12.CNc1cc(Nc2cccc([C@@H]3CCCOC3)n2)nc2c(C(=O)N[C@H]3CC[C@@H]3O)cnn12.CNc1cc(Nc2cccc([C@H]3CCCOC3)n2)nc2c(C(=O)N[C@H]3CC[C@@H]3O)cnn12. The van der Waals surface area contributed by atoms with E-state index in [1.807, 2.05) is 98.0 Å². The molecule has 0 aromatic carbocycles. The molecule has 40 heteroatoms. The van der Waals surface area contributed by atoms with Crippen molar-refractivity contribution in [1.82, 2.24) is 99.6 Å². The molecular weight excluding hydrogens is 1630 g/mol. The van der Waals surface area contributed by atoms with Crippen LogP contribution in [-0.2, 0) is 18.9 Å². The molecular formula is C87H106FN29O10. The van der Waals surface area contributed by atoms with Crippen molar-refractivity contribution >= 4 is 122 Å². The number of aromatic nitrogens is 16. The summed E-state index contributed by atoms with van der Waals surface area (Å²) in [5, 5.41) is 73.7. The quantitative estimate of drug-likeness (QED) is 0.0268. The number of nitrogens with one attached hydrogen (secondary N) is 12. The number of aliphatic hydroxyl groups excluding tert-OH is 2. The van der Waals surface area contributed by atoms with E-state index in [1.165, 1.54) is 23.1 Å². The number of aliphatic hydroxyl groups is 2. The van der Waals surface area contributed by atoms with Gasteiger partial charge >= 0.3 is 0 Å². The smallest absolute Gasteiger partial charge is 0.257 e. The molecule has 12 aromatic heterocycles. The van der Waals surface area contributed by atoms with E-state index in [0.717, 1.165) is 132 Å². The maximum atomic E-state index is 13.2. The highest BCUT2D eigenvalue weighted by atomic mass is 19.1. The van der Waals surface area contributed by atoms with Crippen molar-refractivity contribution in [2.75, 3.05) is 135 Å². The summed E-state index contributed by atoms with van der Waals surface area (Å²) in [7, 11) is 7.14. The summed E-state index contributed by atoms with van der Waals surface area (Å²) in [6.07, 6.45) is 17.0. The van der Waals surface area contributed by atoms with Crippen LogP contribution in [0.1, 0.15) is 173 Å². The summed E-state index contributed by atoms with van der Waals surface area (Å²) in [6.45, 7) is 8.88. The molecule has 4 aliphatic heterocycles. The Morgan fingerprint density at radius 3 is 1.11 bits per heavy atom. The largest absolute Gasteiger partial charge is 0.391 e. The maximum Gasteiger partial charge on any atom is 0.257 e. The third kappa shape index (κ3) is 19.9. The summed E-state index contributed by atoms with van der Waals surface area (Å²) >= 11 is 0. The van der Waals surface area contributed by atoms with Crippen LogP contribution in [0.2, 0.25) is 0 Å². The van der Waals surface area contributed by atoms with E-state index < -0.39 is 24.4 Å². The van der Waals surface area contributed by atoms with Crippen LogP contribution in [-0.4, -0.2) is 242 Å². The van der Waals surface area contributed by atoms with Crippen LogP contribution in [0.25, 0.3) is 22.6 Å². The molecule has 4 saturated heterocycles. The summed E-state index contributed by atoms with van der Waals surface area (Å²) in [5.74, 6) is 8.40. The molecule has 4 saturated carbocycles. The van der Waals surface area contributed by atoms with Crippen LogP contribution in [0.3, 0.4) is 0 Å². The zero-order valence-corrected chi connectivity index (χ0v) is 71.3. The lowest BCUT2D eigenvalue weighted by Crippen LogP contribution is -2.50. The second-order valence-corrected chi connectivity index (χ2v) is 32.7. The average molecular weight is 1740 g/mol. The second kappa shape index (κ2) is 39.2. The van der Waals surface area contributed by atoms with Crippen LogP contribution in [0.15, 0.2) is 122 Å². The molecule has 0 spiro atoms. The molecule has 0 radical (unpaired) electrons. The molecule has 8 fully saturated rings. The van der Waals surface area contributed by atoms with E-state index in [-0.39, 0.29) is 53.4 Å². The average Bonchev–Trinajstić information content (AvgIpc) is 1.66. The number of fused-ring (bicyclic) bond motifs is 4. The van der Waals surface area contributed by atoms with Gasteiger partial charge in [0.2, 0.25) is 0 Å². The molecule has 11 atom stereocenters. The highest BCUT2D eigenvalue weighted by Crippen LogP contribution is 2.35. The Kier molecular flexibility index (Phi) is 26.5. The Morgan fingerprint density at radius 1 is 0.394 bits per heavy atom. The number of carbonyl (C=O) groups excluding carboxylic acids is 4. The molecule has 14 N–H and O–H groups in total. The zero-order valence-electron chi connectivity index (χ0n) is 71.3. The van der Waals surface area contributed by atoms with Crippen LogP contribution in [0.4, 0.5) is 80.0 Å². The maximum absolute atomic E-state index is 13.2. The minimum Gasteiger partial charge on any atom is -0.391 e. The van der Waals surface area contributed by atoms with E-state index in [0.29, 0.717) is 167 Å². The topological polar surface area (TPSA) is 466 Å². The number of hydrogen-bond donors (Lipinski definition) is 14. The van der Waals surface area contributed by atoms with Gasteiger partial charge in [-0.2, -0.15) is 38.5 Å². The monoisotopic (exact) mass is 1740 g/mol. The molecule has 8 aliphatic rings. The van der Waals surface area contributed by atoms with Crippen molar-refractivity contribution in [3.8, 4) is 0 Å². The molecule has 16 heterocycles. The molecule has 39 nitrogen and oxygen atoms in total. The Labute approximate surface area is 730 Å². The summed E-state index contributed by atoms with van der Waals surface area (Å²) in [4.78, 5) is 90.6. The Bertz CT molecular complexity index is 5480. The number of halogens is 1. The zero-order chi connectivity index (χ0) is 87.6. The van der Waals surface area contributed by atoms with Gasteiger partial charge in [-0.3, -0.25) is 19.2 Å². The number of alkyl halides is 1. The van der Waals surface area contributed by atoms with Crippen molar-refractivity contribution in [1.29, 1.82) is 0 Å². The van der Waals surface area contributed by atoms with Gasteiger partial charge in [0.25, 0.3) is 23.6 Å². The second-order valence-electron chi connectivity index (χ2n) is 32.7. The van der Waals surface area contributed by atoms with Crippen LogP contribution >= 0.6 is 0 Å². The normalized spacial score (nSPS) is 22.3. The highest BCUT2D eigenvalue weighted by Gasteiger charge is 2.40. The fourth-order valence-corrected chi connectivity index (χ4v) is 16.0. The number of anilines is 13. The Hall–Kier alpha value is -13.2. The van der Waals surface area contributed by atoms with Crippen molar-refractivity contribution in [3.63, 3.8) is 0 Å². The van der Waals surface area contributed by atoms with Gasteiger partial charge in [0.1, 0.15) is 104 Å². The van der Waals surface area contributed by atoms with Crippen LogP contribution < -0.4 is 68.7 Å². The van der Waals surface area contributed by atoms with Gasteiger partial charge < -0.3 is 97.9 Å². The van der Waals surface area contributed by atoms with Gasteiger partial charge in [0.05, 0.1) is 93.3 Å². The Morgan fingerprint density at radius 2 is 0.772 bits per heavy atom. The first-order chi connectivity index (χ1) is 62.0. The summed E-state index contributed by atoms with van der Waals surface area (Å²) in [5.41, 5.74) is 6.06. The van der Waals surface area contributed by atoms with Crippen molar-refractivity contribution < 1.29 is 52.7 Å². The van der Waals surface area contributed by atoms with E-state index in [4.69, 9.17) is 33.9 Å². The lowest BCUT2D eigenvalue weighted by atomic mass is 9.81. The highest BCUT2D eigenvalue weighted by molar-refractivity contribution is 6.03. The summed E-state index contributed by atoms with van der Waals surface area (Å²) < 4.78 is 42.0. The fraction of sp³-hybridized carbons (Fsp3) is 0.448. The number of hydrogen-bond acceptors (Lipinski definition) is 31. The predicted octanol–water partition coefficient (Wildman–Crippen LogP) is 9.38. The van der Waals surface area contributed by atoms with Gasteiger partial charge in [0.15, 0.2) is 22.6 Å². The lowest BCUT2D eigenvalue weighted by Gasteiger charge is -2.34. The fourth-order valence-electron chi connectivity index (χ4n) is 16.0. The molecule has 127 heavy (non-hydrogen) atoms. The molecule has 20 rings (SSSR count). The minimum absolute atomic E-state index is 0.0350. The number of rotatable bonds is 24. The first-order valence-electron chi connectivity index (χ1n) is 43.5. The first kappa shape index (κ1) is 86.0. The predicted molar refractivity (Wildman–Crippen MR) is 475 cm³/mol. The van der Waals surface area contributed by atoms with Gasteiger partial charge in [-0.05, 0) is 138 Å².